The number of allylic oxidation sites excluding steroid dienone is 1. The average Bonchev–Trinajstić information content (AvgIpc) is 2.49. The van der Waals surface area contributed by atoms with Crippen LogP contribution in [0.5, 0.6) is 0 Å². The van der Waals surface area contributed by atoms with Gasteiger partial charge in [0.05, 0.1) is 11.0 Å². The molecule has 0 saturated carbocycles. The fourth-order valence-electron chi connectivity index (χ4n) is 1.58. The molecule has 0 atom stereocenters. The molecule has 0 radical (unpaired) electrons. The molecule has 104 valence electrons. The fraction of sp³-hybridized carbons (Fsp3) is 0. The number of hydrogen-bond acceptors (Lipinski definition) is 5. The van der Waals surface area contributed by atoms with E-state index in [-0.39, 0.29) is 5.69 Å². The van der Waals surface area contributed by atoms with Crippen LogP contribution in [0.3, 0.4) is 0 Å². The molecule has 0 unspecified atom stereocenters. The summed E-state index contributed by atoms with van der Waals surface area (Å²) in [6.45, 7) is 0. The van der Waals surface area contributed by atoms with Crippen LogP contribution in [-0.4, -0.2) is 4.92 Å². The van der Waals surface area contributed by atoms with Gasteiger partial charge in [-0.3, -0.25) is 10.1 Å². The number of non-ortho nitro benzene ring substituents is 1. The molecule has 2 aromatic rings. The molecule has 0 saturated heterocycles. The highest BCUT2D eigenvalue weighted by Crippen LogP contribution is 2.32. The fourth-order valence-corrected chi connectivity index (χ4v) is 2.47. The van der Waals surface area contributed by atoms with E-state index in [9.17, 15) is 15.3 Å². The summed E-state index contributed by atoms with van der Waals surface area (Å²) < 4.78 is 0.696. The Kier molecular flexibility index (Phi) is 4.53. The van der Waals surface area contributed by atoms with Gasteiger partial charge in [-0.2, -0.15) is 9.99 Å². The third-order valence-electron chi connectivity index (χ3n) is 2.56. The number of nitriles is 1. The maximum atomic E-state index is 11.6. The zero-order valence-corrected chi connectivity index (χ0v) is 11.5. The van der Waals surface area contributed by atoms with Crippen LogP contribution in [-0.2, 0) is 0 Å². The Morgan fingerprint density at radius 3 is 2.57 bits per heavy atom. The van der Waals surface area contributed by atoms with Crippen molar-refractivity contribution in [1.29, 1.82) is 5.26 Å². The monoisotopic (exact) mass is 299 g/mol. The lowest BCUT2D eigenvalue weighted by Gasteiger charge is -2.06. The first-order chi connectivity index (χ1) is 10.1. The average molecular weight is 299 g/mol. The minimum atomic E-state index is -0.493. The molecule has 0 bridgehead atoms. The van der Waals surface area contributed by atoms with Crippen molar-refractivity contribution in [3.05, 3.63) is 75.6 Å². The Bertz CT molecular complexity index is 736. The van der Waals surface area contributed by atoms with Crippen molar-refractivity contribution < 1.29 is 9.65 Å². The minimum absolute atomic E-state index is 0.0290. The van der Waals surface area contributed by atoms with E-state index in [1.807, 2.05) is 6.07 Å². The summed E-state index contributed by atoms with van der Waals surface area (Å²) in [7, 11) is 0. The van der Waals surface area contributed by atoms with Crippen LogP contribution in [0.15, 0.2) is 59.8 Å². The van der Waals surface area contributed by atoms with Crippen LogP contribution in [0.2, 0.25) is 0 Å². The smallest absolute Gasteiger partial charge is 0.269 e. The SMILES string of the molecule is N#C/C=C(/Sc1cccc[n+]1[O-])c1ccc([N+](=O)[O-])cc1. The molecule has 0 spiro atoms. The number of pyridine rings is 1. The van der Waals surface area contributed by atoms with Gasteiger partial charge in [-0.25, -0.2) is 0 Å². The van der Waals surface area contributed by atoms with E-state index in [0.717, 1.165) is 11.8 Å². The molecular weight excluding hydrogens is 290 g/mol. The van der Waals surface area contributed by atoms with Gasteiger partial charge in [0.15, 0.2) is 6.20 Å². The van der Waals surface area contributed by atoms with Crippen molar-refractivity contribution in [3.63, 3.8) is 0 Å². The summed E-state index contributed by atoms with van der Waals surface area (Å²) in [5.74, 6) is 0. The van der Waals surface area contributed by atoms with Crippen LogP contribution >= 0.6 is 11.8 Å². The Hall–Kier alpha value is -2.85. The Balaban J connectivity index is 2.32. The van der Waals surface area contributed by atoms with Gasteiger partial charge in [0.25, 0.3) is 10.7 Å². The van der Waals surface area contributed by atoms with Gasteiger partial charge < -0.3 is 5.21 Å². The molecule has 0 N–H and O–H groups in total. The van der Waals surface area contributed by atoms with Crippen LogP contribution in [0.4, 0.5) is 5.69 Å². The second kappa shape index (κ2) is 6.54. The third-order valence-corrected chi connectivity index (χ3v) is 3.66. The van der Waals surface area contributed by atoms with Crippen LogP contribution < -0.4 is 4.73 Å². The molecule has 1 aromatic carbocycles. The number of rotatable bonds is 4. The predicted molar refractivity (Wildman–Crippen MR) is 77.9 cm³/mol. The van der Waals surface area contributed by atoms with Gasteiger partial charge in [0.1, 0.15) is 0 Å². The van der Waals surface area contributed by atoms with E-state index >= 15 is 0 Å². The molecule has 2 rings (SSSR count). The zero-order valence-electron chi connectivity index (χ0n) is 10.7. The van der Waals surface area contributed by atoms with Crippen molar-refractivity contribution in [2.45, 2.75) is 5.03 Å². The van der Waals surface area contributed by atoms with Crippen molar-refractivity contribution in [1.82, 2.24) is 0 Å². The summed E-state index contributed by atoms with van der Waals surface area (Å²) in [4.78, 5) is 10.7. The second-order valence-corrected chi connectivity index (χ2v) is 4.97. The van der Waals surface area contributed by atoms with E-state index in [2.05, 4.69) is 0 Å². The Morgan fingerprint density at radius 2 is 2.00 bits per heavy atom. The highest BCUT2D eigenvalue weighted by atomic mass is 32.2. The lowest BCUT2D eigenvalue weighted by Crippen LogP contribution is -2.27. The Morgan fingerprint density at radius 1 is 1.29 bits per heavy atom. The number of nitro groups is 1. The first-order valence-corrected chi connectivity index (χ1v) is 6.64. The summed E-state index contributed by atoms with van der Waals surface area (Å²) in [5, 5.41) is 31.5. The predicted octanol–water partition coefficient (Wildman–Crippen LogP) is 2.88. The summed E-state index contributed by atoms with van der Waals surface area (Å²) >= 11 is 1.13. The molecule has 0 aliphatic rings. The number of hydrogen-bond donors (Lipinski definition) is 0. The number of benzene rings is 1. The highest BCUT2D eigenvalue weighted by molar-refractivity contribution is 8.08. The molecule has 0 aliphatic heterocycles. The van der Waals surface area contributed by atoms with Crippen molar-refractivity contribution in [2.75, 3.05) is 0 Å². The van der Waals surface area contributed by atoms with E-state index in [1.165, 1.54) is 24.4 Å². The summed E-state index contributed by atoms with van der Waals surface area (Å²) in [5.41, 5.74) is 0.606. The second-order valence-electron chi connectivity index (χ2n) is 3.91. The molecular formula is C14H9N3O3S. The molecule has 0 aliphatic carbocycles. The standard InChI is InChI=1S/C14H9N3O3S/c15-9-8-13(21-14-3-1-2-10-16(14)18)11-4-6-12(7-5-11)17(19)20/h1-8,10H/b13-8+. The van der Waals surface area contributed by atoms with Gasteiger partial charge in [0.2, 0.25) is 0 Å². The topological polar surface area (TPSA) is 93.9 Å². The van der Waals surface area contributed by atoms with Gasteiger partial charge in [0, 0.05) is 35.2 Å². The summed E-state index contributed by atoms with van der Waals surface area (Å²) in [6.07, 6.45) is 2.67. The van der Waals surface area contributed by atoms with Crippen LogP contribution in [0, 0.1) is 26.7 Å². The zero-order chi connectivity index (χ0) is 15.2. The lowest BCUT2D eigenvalue weighted by atomic mass is 10.2. The highest BCUT2D eigenvalue weighted by Gasteiger charge is 2.12. The summed E-state index contributed by atoms with van der Waals surface area (Å²) in [6, 6.07) is 12.7. The molecule has 1 heterocycles. The number of nitro benzene ring substituents is 1. The normalized spacial score (nSPS) is 10.9. The quantitative estimate of drug-likeness (QED) is 0.216. The minimum Gasteiger partial charge on any atom is -0.618 e. The van der Waals surface area contributed by atoms with E-state index < -0.39 is 4.92 Å². The van der Waals surface area contributed by atoms with Gasteiger partial charge in [-0.05, 0) is 35.5 Å². The number of nitrogens with zero attached hydrogens (tertiary/aromatic N) is 3. The largest absolute Gasteiger partial charge is 0.618 e. The molecule has 6 nitrogen and oxygen atoms in total. The number of aromatic nitrogens is 1. The van der Waals surface area contributed by atoms with Gasteiger partial charge in [-0.1, -0.05) is 0 Å². The molecule has 0 amide bonds. The maximum absolute atomic E-state index is 11.6. The molecule has 0 fully saturated rings. The Labute approximate surface area is 124 Å². The molecule has 21 heavy (non-hydrogen) atoms. The number of thioether (sulfide) groups is 1. The van der Waals surface area contributed by atoms with Crippen molar-refractivity contribution in [3.8, 4) is 6.07 Å². The van der Waals surface area contributed by atoms with E-state index in [1.54, 1.807) is 30.3 Å². The first kappa shape index (κ1) is 14.6. The van der Waals surface area contributed by atoms with E-state index in [4.69, 9.17) is 5.26 Å². The van der Waals surface area contributed by atoms with Crippen LogP contribution in [0.1, 0.15) is 5.56 Å². The van der Waals surface area contributed by atoms with Crippen LogP contribution in [0.25, 0.3) is 4.91 Å². The van der Waals surface area contributed by atoms with E-state index in [0.29, 0.717) is 20.2 Å². The first-order valence-electron chi connectivity index (χ1n) is 5.82. The maximum Gasteiger partial charge on any atom is 0.269 e. The lowest BCUT2D eigenvalue weighted by molar-refractivity contribution is -0.645. The molecule has 1 aromatic heterocycles. The third kappa shape index (κ3) is 3.58. The van der Waals surface area contributed by atoms with Crippen molar-refractivity contribution >= 4 is 22.4 Å². The molecule has 7 heteroatoms. The van der Waals surface area contributed by atoms with Gasteiger partial charge >= 0.3 is 0 Å². The van der Waals surface area contributed by atoms with Gasteiger partial charge in [-0.15, -0.1) is 0 Å². The van der Waals surface area contributed by atoms with Crippen molar-refractivity contribution in [2.24, 2.45) is 0 Å².